The molecule has 0 bridgehead atoms. The van der Waals surface area contributed by atoms with E-state index in [0.717, 1.165) is 10.9 Å². The molecule has 122 valence electrons. The number of aromatic nitrogens is 1. The first-order chi connectivity index (χ1) is 11.5. The van der Waals surface area contributed by atoms with E-state index in [1.807, 2.05) is 25.1 Å². The van der Waals surface area contributed by atoms with Gasteiger partial charge in [-0.15, -0.1) is 0 Å². The predicted molar refractivity (Wildman–Crippen MR) is 93.9 cm³/mol. The maximum atomic E-state index is 13.0. The molecule has 0 unspecified atom stereocenters. The van der Waals surface area contributed by atoms with Crippen LogP contribution in [0.4, 0.5) is 5.82 Å². The van der Waals surface area contributed by atoms with Gasteiger partial charge in [0.1, 0.15) is 5.82 Å². The van der Waals surface area contributed by atoms with Crippen LogP contribution in [-0.2, 0) is 16.6 Å². The van der Waals surface area contributed by atoms with Crippen molar-refractivity contribution in [2.24, 2.45) is 0 Å². The van der Waals surface area contributed by atoms with Crippen LogP contribution in [0.1, 0.15) is 5.56 Å². The molecule has 0 atom stereocenters. The molecule has 1 aliphatic heterocycles. The molecule has 0 aliphatic carbocycles. The molecule has 6 heteroatoms. The summed E-state index contributed by atoms with van der Waals surface area (Å²) in [6, 6.07) is 15.8. The fraction of sp³-hybridized carbons (Fsp3) is 0.167. The molecule has 0 saturated heterocycles. The highest BCUT2D eigenvalue weighted by molar-refractivity contribution is 7.92. The zero-order chi connectivity index (χ0) is 16.9. The summed E-state index contributed by atoms with van der Waals surface area (Å²) < 4.78 is 28.8. The first kappa shape index (κ1) is 15.0. The number of rotatable bonds is 2. The van der Waals surface area contributed by atoms with E-state index in [-0.39, 0.29) is 17.0 Å². The molecule has 0 amide bonds. The Morgan fingerprint density at radius 3 is 2.42 bits per heavy atom. The van der Waals surface area contributed by atoms with Crippen LogP contribution in [0.5, 0.6) is 0 Å². The lowest BCUT2D eigenvalue weighted by atomic mass is 10.2. The molecule has 1 aliphatic rings. The van der Waals surface area contributed by atoms with E-state index in [9.17, 15) is 13.2 Å². The number of fused-ring (bicyclic) bond motifs is 2. The maximum Gasteiger partial charge on any atom is 0.265 e. The van der Waals surface area contributed by atoms with Gasteiger partial charge in [-0.2, -0.15) is 0 Å². The maximum absolute atomic E-state index is 13.0. The van der Waals surface area contributed by atoms with Crippen molar-refractivity contribution in [1.29, 1.82) is 0 Å². The monoisotopic (exact) mass is 340 g/mol. The van der Waals surface area contributed by atoms with Gasteiger partial charge in [0.25, 0.3) is 15.6 Å². The van der Waals surface area contributed by atoms with E-state index in [2.05, 4.69) is 0 Å². The van der Waals surface area contributed by atoms with Gasteiger partial charge in [-0.1, -0.05) is 35.9 Å². The third-order valence-corrected chi connectivity index (χ3v) is 6.21. The Labute approximate surface area is 139 Å². The minimum Gasteiger partial charge on any atom is -0.292 e. The number of benzene rings is 2. The van der Waals surface area contributed by atoms with Gasteiger partial charge in [0, 0.05) is 11.9 Å². The second-order valence-corrected chi connectivity index (χ2v) is 7.80. The molecule has 24 heavy (non-hydrogen) atoms. The molecular weight excluding hydrogens is 324 g/mol. The molecule has 0 fully saturated rings. The molecule has 4 rings (SSSR count). The van der Waals surface area contributed by atoms with Crippen LogP contribution in [0.2, 0.25) is 0 Å². The molecule has 1 aromatic heterocycles. The van der Waals surface area contributed by atoms with Crippen molar-refractivity contribution >= 4 is 26.6 Å². The fourth-order valence-corrected chi connectivity index (χ4v) is 4.55. The van der Waals surface area contributed by atoms with Crippen molar-refractivity contribution in [2.75, 3.05) is 10.8 Å². The Balaban J connectivity index is 1.90. The van der Waals surface area contributed by atoms with Gasteiger partial charge in [-0.05, 0) is 36.6 Å². The molecule has 3 aromatic rings. The van der Waals surface area contributed by atoms with Gasteiger partial charge >= 0.3 is 0 Å². The van der Waals surface area contributed by atoms with Gasteiger partial charge in [-0.3, -0.25) is 9.36 Å². The van der Waals surface area contributed by atoms with Crippen LogP contribution in [0.15, 0.2) is 64.3 Å². The summed E-state index contributed by atoms with van der Waals surface area (Å²) in [5, 5.41) is 1.36. The topological polar surface area (TPSA) is 59.4 Å². The lowest BCUT2D eigenvalue weighted by Gasteiger charge is -2.19. The summed E-state index contributed by atoms with van der Waals surface area (Å²) in [4.78, 5) is 12.9. The Morgan fingerprint density at radius 1 is 0.958 bits per heavy atom. The zero-order valence-electron chi connectivity index (χ0n) is 13.1. The average Bonchev–Trinajstić information content (AvgIpc) is 3.00. The molecule has 2 aromatic carbocycles. The number of hydrogen-bond acceptors (Lipinski definition) is 3. The van der Waals surface area contributed by atoms with E-state index in [1.165, 1.54) is 8.87 Å². The quantitative estimate of drug-likeness (QED) is 0.720. The summed E-state index contributed by atoms with van der Waals surface area (Å²) in [5.74, 6) is 0.430. The lowest BCUT2D eigenvalue weighted by molar-refractivity contribution is 0.592. The molecular formula is C18H16N2O3S. The number of sulfonamides is 1. The average molecular weight is 340 g/mol. The van der Waals surface area contributed by atoms with E-state index in [1.54, 1.807) is 36.4 Å². The number of nitrogens with zero attached hydrogens (tertiary/aromatic N) is 2. The standard InChI is InChI=1S/C18H16N2O3S/c1-13-6-8-15(9-7-13)24(22,23)20-11-10-19-17(20)12-14-4-2-3-5-16(14)18(19)21/h2-9,12H,10-11H2,1H3. The molecule has 0 saturated carbocycles. The summed E-state index contributed by atoms with van der Waals surface area (Å²) in [6.07, 6.45) is 0. The molecule has 0 N–H and O–H groups in total. The Morgan fingerprint density at radius 2 is 1.67 bits per heavy atom. The number of pyridine rings is 1. The molecule has 5 nitrogen and oxygen atoms in total. The van der Waals surface area contributed by atoms with Crippen LogP contribution in [-0.4, -0.2) is 19.5 Å². The first-order valence-corrected chi connectivity index (χ1v) is 9.14. The van der Waals surface area contributed by atoms with E-state index in [4.69, 9.17) is 0 Å². The van der Waals surface area contributed by atoms with Crippen LogP contribution < -0.4 is 9.86 Å². The van der Waals surface area contributed by atoms with Crippen LogP contribution in [0.3, 0.4) is 0 Å². The normalized spacial score (nSPS) is 14.1. The minimum absolute atomic E-state index is 0.148. The van der Waals surface area contributed by atoms with Crippen molar-refractivity contribution in [3.63, 3.8) is 0 Å². The summed E-state index contributed by atoms with van der Waals surface area (Å²) in [7, 11) is -3.68. The second-order valence-electron chi connectivity index (χ2n) is 5.94. The third kappa shape index (κ3) is 2.14. The van der Waals surface area contributed by atoms with Crippen molar-refractivity contribution in [1.82, 2.24) is 4.57 Å². The first-order valence-electron chi connectivity index (χ1n) is 7.70. The lowest BCUT2D eigenvalue weighted by Crippen LogP contribution is -2.29. The Kier molecular flexibility index (Phi) is 3.25. The SMILES string of the molecule is Cc1ccc(S(=O)(=O)N2CCn3c2cc2ccccc2c3=O)cc1. The Hall–Kier alpha value is -2.60. The summed E-state index contributed by atoms with van der Waals surface area (Å²) in [5.41, 5.74) is 0.850. The molecule has 2 heterocycles. The highest BCUT2D eigenvalue weighted by atomic mass is 32.2. The fourth-order valence-electron chi connectivity index (χ4n) is 3.09. The minimum atomic E-state index is -3.68. The Bertz CT molecular complexity index is 1100. The van der Waals surface area contributed by atoms with Crippen molar-refractivity contribution in [3.8, 4) is 0 Å². The number of aryl methyl sites for hydroxylation is 1. The smallest absolute Gasteiger partial charge is 0.265 e. The zero-order valence-corrected chi connectivity index (χ0v) is 14.0. The van der Waals surface area contributed by atoms with Gasteiger partial charge in [-0.25, -0.2) is 12.7 Å². The third-order valence-electron chi connectivity index (χ3n) is 4.39. The van der Waals surface area contributed by atoms with E-state index >= 15 is 0 Å². The highest BCUT2D eigenvalue weighted by Gasteiger charge is 2.32. The van der Waals surface area contributed by atoms with Crippen LogP contribution >= 0.6 is 0 Å². The molecule has 0 spiro atoms. The summed E-state index contributed by atoms with van der Waals surface area (Å²) >= 11 is 0. The molecule has 0 radical (unpaired) electrons. The number of hydrogen-bond donors (Lipinski definition) is 0. The van der Waals surface area contributed by atoms with Gasteiger partial charge < -0.3 is 0 Å². The number of anilines is 1. The van der Waals surface area contributed by atoms with Crippen molar-refractivity contribution in [2.45, 2.75) is 18.4 Å². The van der Waals surface area contributed by atoms with Gasteiger partial charge in [0.05, 0.1) is 11.4 Å². The van der Waals surface area contributed by atoms with E-state index < -0.39 is 10.0 Å². The second kappa shape index (κ2) is 5.21. The van der Waals surface area contributed by atoms with Crippen molar-refractivity contribution < 1.29 is 8.42 Å². The van der Waals surface area contributed by atoms with Crippen LogP contribution in [0.25, 0.3) is 10.8 Å². The summed E-state index contributed by atoms with van der Waals surface area (Å²) in [6.45, 7) is 2.54. The largest absolute Gasteiger partial charge is 0.292 e. The van der Waals surface area contributed by atoms with E-state index in [0.29, 0.717) is 17.7 Å². The highest BCUT2D eigenvalue weighted by Crippen LogP contribution is 2.29. The van der Waals surface area contributed by atoms with Crippen LogP contribution in [0, 0.1) is 6.92 Å². The van der Waals surface area contributed by atoms with Gasteiger partial charge in [0.2, 0.25) is 0 Å². The predicted octanol–water partition coefficient (Wildman–Crippen LogP) is 2.52. The van der Waals surface area contributed by atoms with Gasteiger partial charge in [0.15, 0.2) is 0 Å². The van der Waals surface area contributed by atoms with Crippen molar-refractivity contribution in [3.05, 3.63) is 70.5 Å².